The van der Waals surface area contributed by atoms with E-state index in [0.717, 1.165) is 6.42 Å². The highest BCUT2D eigenvalue weighted by Crippen LogP contribution is 2.20. The topological polar surface area (TPSA) is 73.2 Å². The Hall–Kier alpha value is -2.60. The van der Waals surface area contributed by atoms with E-state index < -0.39 is 11.1 Å². The first kappa shape index (κ1) is 16.8. The Balaban J connectivity index is 2.20. The molecule has 0 saturated heterocycles. The third kappa shape index (κ3) is 2.29. The van der Waals surface area contributed by atoms with Crippen molar-refractivity contribution in [1.82, 2.24) is 4.57 Å². The maximum atomic E-state index is 12.9. The van der Waals surface area contributed by atoms with E-state index in [0.29, 0.717) is 28.2 Å². The van der Waals surface area contributed by atoms with E-state index in [-0.39, 0.29) is 32.4 Å². The standard InChI is InChI=1S/C20H14BrNO4/c1-2-3-6-22-19(25)15-8-13-14(9-16(15)20(22)26)18(24)12-7-10(21)4-5-11(12)17(13)23/h4-5,7-9H,2-3,6H2,1H3. The van der Waals surface area contributed by atoms with Gasteiger partial charge in [-0.1, -0.05) is 29.3 Å². The first-order valence-electron chi connectivity index (χ1n) is 8.37. The Morgan fingerprint density at radius 2 is 1.31 bits per heavy atom. The fraction of sp³-hybridized carbons (Fsp3) is 0.200. The lowest BCUT2D eigenvalue weighted by Gasteiger charge is -2.01. The number of rotatable bonds is 3. The summed E-state index contributed by atoms with van der Waals surface area (Å²) < 4.78 is 1.89. The normalized spacial score (nSPS) is 11.8. The summed E-state index contributed by atoms with van der Waals surface area (Å²) in [5, 5.41) is 1.37. The van der Waals surface area contributed by atoms with E-state index in [1.54, 1.807) is 18.2 Å². The number of aromatic nitrogens is 1. The first-order chi connectivity index (χ1) is 12.4. The lowest BCUT2D eigenvalue weighted by Crippen LogP contribution is -2.25. The molecular weight excluding hydrogens is 398 g/mol. The van der Waals surface area contributed by atoms with Gasteiger partial charge < -0.3 is 0 Å². The van der Waals surface area contributed by atoms with Crippen LogP contribution in [-0.4, -0.2) is 4.57 Å². The Morgan fingerprint density at radius 3 is 1.88 bits per heavy atom. The summed E-state index contributed by atoms with van der Waals surface area (Å²) >= 11 is 3.31. The molecular formula is C20H14BrNO4. The summed E-state index contributed by atoms with van der Waals surface area (Å²) in [5.74, 6) is 0. The van der Waals surface area contributed by atoms with Crippen molar-refractivity contribution in [2.24, 2.45) is 0 Å². The number of hydrogen-bond donors (Lipinski definition) is 0. The number of fused-ring (bicyclic) bond motifs is 3. The molecule has 0 fully saturated rings. The van der Waals surface area contributed by atoms with Crippen molar-refractivity contribution in [3.8, 4) is 0 Å². The van der Waals surface area contributed by atoms with E-state index in [9.17, 15) is 19.2 Å². The maximum absolute atomic E-state index is 12.9. The van der Waals surface area contributed by atoms with Crippen LogP contribution in [0.1, 0.15) is 19.8 Å². The second kappa shape index (κ2) is 5.99. The van der Waals surface area contributed by atoms with Gasteiger partial charge in [0.05, 0.1) is 10.8 Å². The zero-order chi connectivity index (χ0) is 18.6. The van der Waals surface area contributed by atoms with Crippen LogP contribution in [0.3, 0.4) is 0 Å². The molecule has 0 bridgehead atoms. The first-order valence-corrected chi connectivity index (χ1v) is 9.16. The van der Waals surface area contributed by atoms with Gasteiger partial charge in [0.1, 0.15) is 0 Å². The largest absolute Gasteiger partial charge is 0.289 e. The third-order valence-electron chi connectivity index (χ3n) is 4.80. The summed E-state index contributed by atoms with van der Waals surface area (Å²) in [6, 6.07) is 7.70. The van der Waals surface area contributed by atoms with Crippen molar-refractivity contribution in [1.29, 1.82) is 0 Å². The van der Waals surface area contributed by atoms with Gasteiger partial charge in [-0.3, -0.25) is 23.7 Å². The van der Waals surface area contributed by atoms with Crippen LogP contribution < -0.4 is 22.0 Å². The van der Waals surface area contributed by atoms with E-state index in [2.05, 4.69) is 15.9 Å². The van der Waals surface area contributed by atoms with Crippen molar-refractivity contribution < 1.29 is 0 Å². The highest BCUT2D eigenvalue weighted by molar-refractivity contribution is 9.10. The van der Waals surface area contributed by atoms with Gasteiger partial charge in [-0.05, 0) is 36.8 Å². The lowest BCUT2D eigenvalue weighted by atomic mass is 10.0. The van der Waals surface area contributed by atoms with Crippen molar-refractivity contribution in [3.05, 3.63) is 76.0 Å². The lowest BCUT2D eigenvalue weighted by molar-refractivity contribution is 0.609. The number of hydrogen-bond acceptors (Lipinski definition) is 4. The van der Waals surface area contributed by atoms with Gasteiger partial charge in [0.15, 0.2) is 10.9 Å². The van der Waals surface area contributed by atoms with Gasteiger partial charge in [-0.2, -0.15) is 0 Å². The predicted molar refractivity (Wildman–Crippen MR) is 107 cm³/mol. The molecule has 0 radical (unpaired) electrons. The van der Waals surface area contributed by atoms with Gasteiger partial charge in [0.25, 0.3) is 11.1 Å². The van der Waals surface area contributed by atoms with Crippen molar-refractivity contribution in [2.75, 3.05) is 0 Å². The summed E-state index contributed by atoms with van der Waals surface area (Å²) in [6.07, 6.45) is 1.56. The van der Waals surface area contributed by atoms with Gasteiger partial charge in [-0.15, -0.1) is 0 Å². The van der Waals surface area contributed by atoms with Crippen molar-refractivity contribution >= 4 is 48.2 Å². The average molecular weight is 412 g/mol. The number of nitrogens with zero attached hydrogens (tertiary/aromatic N) is 1. The van der Waals surface area contributed by atoms with E-state index >= 15 is 0 Å². The quantitative estimate of drug-likeness (QED) is 0.485. The third-order valence-corrected chi connectivity index (χ3v) is 5.30. The van der Waals surface area contributed by atoms with Gasteiger partial charge in [0.2, 0.25) is 0 Å². The van der Waals surface area contributed by atoms with Gasteiger partial charge in [0, 0.05) is 32.6 Å². The van der Waals surface area contributed by atoms with E-state index in [4.69, 9.17) is 0 Å². The molecule has 0 unspecified atom stereocenters. The Morgan fingerprint density at radius 1 is 0.769 bits per heavy atom. The minimum atomic E-state index is -0.401. The van der Waals surface area contributed by atoms with E-state index in [1.807, 2.05) is 6.92 Å². The second-order valence-electron chi connectivity index (χ2n) is 6.41. The molecule has 0 aliphatic carbocycles. The average Bonchev–Trinajstić information content (AvgIpc) is 2.87. The molecule has 0 spiro atoms. The molecule has 4 rings (SSSR count). The minimum Gasteiger partial charge on any atom is -0.289 e. The molecule has 130 valence electrons. The smallest absolute Gasteiger partial charge is 0.261 e. The van der Waals surface area contributed by atoms with Crippen molar-refractivity contribution in [2.45, 2.75) is 26.3 Å². The zero-order valence-electron chi connectivity index (χ0n) is 14.0. The van der Waals surface area contributed by atoms with Gasteiger partial charge in [-0.25, -0.2) is 0 Å². The monoisotopic (exact) mass is 411 g/mol. The zero-order valence-corrected chi connectivity index (χ0v) is 15.6. The molecule has 1 aromatic heterocycles. The van der Waals surface area contributed by atoms with E-state index in [1.165, 1.54) is 16.7 Å². The number of benzene rings is 3. The van der Waals surface area contributed by atoms with Crippen LogP contribution in [0.4, 0.5) is 0 Å². The van der Waals surface area contributed by atoms with Crippen molar-refractivity contribution in [3.63, 3.8) is 0 Å². The maximum Gasteiger partial charge on any atom is 0.261 e. The van der Waals surface area contributed by atoms with Crippen LogP contribution in [0.15, 0.2) is 54.0 Å². The molecule has 0 saturated carbocycles. The highest BCUT2D eigenvalue weighted by Gasteiger charge is 2.17. The molecule has 1 heterocycles. The van der Waals surface area contributed by atoms with Crippen LogP contribution in [-0.2, 0) is 6.54 Å². The molecule has 0 atom stereocenters. The van der Waals surface area contributed by atoms with Crippen LogP contribution in [0.25, 0.3) is 32.3 Å². The Kier molecular flexibility index (Phi) is 3.88. The molecule has 0 aliphatic rings. The molecule has 4 aromatic rings. The summed E-state index contributed by atoms with van der Waals surface area (Å²) in [6.45, 7) is 2.31. The molecule has 0 amide bonds. The fourth-order valence-electron chi connectivity index (χ4n) is 3.42. The molecule has 6 heteroatoms. The highest BCUT2D eigenvalue weighted by atomic mass is 79.9. The summed E-state index contributed by atoms with van der Waals surface area (Å²) in [7, 11) is 0. The molecule has 5 nitrogen and oxygen atoms in total. The number of halogens is 1. The minimum absolute atomic E-state index is 0.179. The van der Waals surface area contributed by atoms with Crippen LogP contribution in [0.5, 0.6) is 0 Å². The summed E-state index contributed by atoms with van der Waals surface area (Å²) in [4.78, 5) is 50.9. The van der Waals surface area contributed by atoms with Gasteiger partial charge >= 0.3 is 0 Å². The second-order valence-corrected chi connectivity index (χ2v) is 7.32. The van der Waals surface area contributed by atoms with Crippen LogP contribution in [0.2, 0.25) is 0 Å². The Labute approximate surface area is 155 Å². The number of unbranched alkanes of at least 4 members (excludes halogenated alkanes) is 1. The Bertz CT molecular complexity index is 1410. The predicted octanol–water partition coefficient (Wildman–Crippen LogP) is 2.83. The molecule has 26 heavy (non-hydrogen) atoms. The molecule has 3 aromatic carbocycles. The fourth-order valence-corrected chi connectivity index (χ4v) is 3.79. The van der Waals surface area contributed by atoms with Crippen LogP contribution >= 0.6 is 15.9 Å². The summed E-state index contributed by atoms with van der Waals surface area (Å²) in [5.41, 5.74) is -1.42. The molecule has 0 aliphatic heterocycles. The molecule has 0 N–H and O–H groups in total. The van der Waals surface area contributed by atoms with Crippen LogP contribution in [0, 0.1) is 0 Å². The SMILES string of the molecule is CCCCn1c(=O)c2cc3c(=O)c4ccc(Br)cc4c(=O)c3cc2c1=O.